The van der Waals surface area contributed by atoms with Crippen LogP contribution in [0.5, 0.6) is 0 Å². The number of nitrogens with one attached hydrogen (secondary N) is 1. The molecule has 80 valence electrons. The molecule has 0 bridgehead atoms. The third-order valence-electron chi connectivity index (χ3n) is 1.76. The number of carbonyl (C=O) groups excluding carboxylic acids is 2. The third kappa shape index (κ3) is 8.93. The number of hydrogen-bond donors (Lipinski definition) is 2. The van der Waals surface area contributed by atoms with E-state index in [0.717, 1.165) is 32.2 Å². The summed E-state index contributed by atoms with van der Waals surface area (Å²) in [7, 11) is 0. The van der Waals surface area contributed by atoms with E-state index < -0.39 is 0 Å². The fourth-order valence-electron chi connectivity index (χ4n) is 1.02. The summed E-state index contributed by atoms with van der Waals surface area (Å²) in [4.78, 5) is 20.8. The quantitative estimate of drug-likeness (QED) is 0.336. The Balaban J connectivity index is 3.23. The molecule has 3 N–H and O–H groups in total. The number of hydrogen-bond acceptors (Lipinski definition) is 3. The third-order valence-corrected chi connectivity index (χ3v) is 1.76. The van der Waals surface area contributed by atoms with Gasteiger partial charge >= 0.3 is 0 Å². The number of amides is 1. The first-order chi connectivity index (χ1) is 6.81. The fraction of sp³-hybridized carbons (Fsp3) is 0.600. The summed E-state index contributed by atoms with van der Waals surface area (Å²) in [5.41, 5.74) is 5.33. The maximum atomic E-state index is 10.9. The monoisotopic (exact) mass is 198 g/mol. The predicted molar refractivity (Wildman–Crippen MR) is 55.7 cm³/mol. The highest BCUT2D eigenvalue weighted by molar-refractivity contribution is 5.90. The van der Waals surface area contributed by atoms with Gasteiger partial charge in [-0.25, -0.2) is 0 Å². The van der Waals surface area contributed by atoms with Gasteiger partial charge in [0.2, 0.25) is 5.91 Å². The summed E-state index contributed by atoms with van der Waals surface area (Å²) in [5.74, 6) is -0.212. The lowest BCUT2D eigenvalue weighted by Gasteiger charge is -2.01. The smallest absolute Gasteiger partial charge is 0.244 e. The Kier molecular flexibility index (Phi) is 9.10. The molecule has 0 aromatic heterocycles. The van der Waals surface area contributed by atoms with Crippen LogP contribution in [0.3, 0.4) is 0 Å². The Labute approximate surface area is 84.5 Å². The molecule has 14 heavy (non-hydrogen) atoms. The van der Waals surface area contributed by atoms with Crippen LogP contribution < -0.4 is 11.1 Å². The van der Waals surface area contributed by atoms with Crippen molar-refractivity contribution in [3.63, 3.8) is 0 Å². The van der Waals surface area contributed by atoms with Gasteiger partial charge in [0.25, 0.3) is 0 Å². The zero-order valence-corrected chi connectivity index (χ0v) is 8.37. The normalized spacial score (nSPS) is 10.4. The van der Waals surface area contributed by atoms with E-state index >= 15 is 0 Å². The second-order valence-corrected chi connectivity index (χ2v) is 2.99. The molecule has 0 rings (SSSR count). The molecular formula is C10H18N2O2. The van der Waals surface area contributed by atoms with Crippen LogP contribution in [0, 0.1) is 0 Å². The first-order valence-electron chi connectivity index (χ1n) is 4.91. The average Bonchev–Trinajstić information content (AvgIpc) is 2.20. The minimum atomic E-state index is -0.212. The van der Waals surface area contributed by atoms with Gasteiger partial charge in [-0.05, 0) is 25.5 Å². The minimum absolute atomic E-state index is 0.212. The first-order valence-corrected chi connectivity index (χ1v) is 4.91. The van der Waals surface area contributed by atoms with Gasteiger partial charge in [-0.2, -0.15) is 0 Å². The SMILES string of the molecule is NCCCCCCNC(=O)/C=C\C=O. The van der Waals surface area contributed by atoms with Crippen molar-refractivity contribution in [2.24, 2.45) is 5.73 Å². The molecule has 0 atom stereocenters. The second kappa shape index (κ2) is 9.92. The molecular weight excluding hydrogens is 180 g/mol. The zero-order valence-electron chi connectivity index (χ0n) is 8.37. The lowest BCUT2D eigenvalue weighted by Crippen LogP contribution is -2.22. The van der Waals surface area contributed by atoms with E-state index in [-0.39, 0.29) is 5.91 Å². The number of nitrogens with two attached hydrogens (primary N) is 1. The van der Waals surface area contributed by atoms with E-state index in [4.69, 9.17) is 5.73 Å². The van der Waals surface area contributed by atoms with Crippen molar-refractivity contribution < 1.29 is 9.59 Å². The summed E-state index contributed by atoms with van der Waals surface area (Å²) < 4.78 is 0. The molecule has 4 heteroatoms. The molecule has 0 aliphatic carbocycles. The number of unbranched alkanes of at least 4 members (excludes halogenated alkanes) is 3. The van der Waals surface area contributed by atoms with Crippen molar-refractivity contribution in [1.29, 1.82) is 0 Å². The van der Waals surface area contributed by atoms with Crippen LogP contribution in [0.25, 0.3) is 0 Å². The van der Waals surface area contributed by atoms with Gasteiger partial charge < -0.3 is 11.1 Å². The van der Waals surface area contributed by atoms with Crippen molar-refractivity contribution in [3.05, 3.63) is 12.2 Å². The molecule has 0 saturated carbocycles. The van der Waals surface area contributed by atoms with Gasteiger partial charge in [0.05, 0.1) is 0 Å². The van der Waals surface area contributed by atoms with E-state index in [1.165, 1.54) is 12.2 Å². The van der Waals surface area contributed by atoms with Crippen LogP contribution >= 0.6 is 0 Å². The van der Waals surface area contributed by atoms with Crippen molar-refractivity contribution in [3.8, 4) is 0 Å². The number of aldehydes is 1. The Morgan fingerprint density at radius 3 is 2.57 bits per heavy atom. The highest BCUT2D eigenvalue weighted by Crippen LogP contribution is 1.96. The largest absolute Gasteiger partial charge is 0.353 e. The molecule has 0 fully saturated rings. The molecule has 0 aliphatic rings. The Bertz CT molecular complexity index is 191. The van der Waals surface area contributed by atoms with Crippen LogP contribution in [0.2, 0.25) is 0 Å². The van der Waals surface area contributed by atoms with E-state index in [0.29, 0.717) is 12.8 Å². The maximum Gasteiger partial charge on any atom is 0.244 e. The second-order valence-electron chi connectivity index (χ2n) is 2.99. The molecule has 0 aliphatic heterocycles. The highest BCUT2D eigenvalue weighted by Gasteiger charge is 1.93. The molecule has 4 nitrogen and oxygen atoms in total. The fourth-order valence-corrected chi connectivity index (χ4v) is 1.02. The van der Waals surface area contributed by atoms with Gasteiger partial charge in [0.1, 0.15) is 6.29 Å². The molecule has 1 amide bonds. The van der Waals surface area contributed by atoms with Crippen LogP contribution in [0.4, 0.5) is 0 Å². The predicted octanol–water partition coefficient (Wildman–Crippen LogP) is 0.377. The summed E-state index contributed by atoms with van der Waals surface area (Å²) in [6, 6.07) is 0. The van der Waals surface area contributed by atoms with E-state index in [9.17, 15) is 9.59 Å². The molecule has 0 aromatic carbocycles. The Morgan fingerprint density at radius 2 is 1.93 bits per heavy atom. The van der Waals surface area contributed by atoms with Gasteiger partial charge in [-0.3, -0.25) is 9.59 Å². The molecule has 0 spiro atoms. The van der Waals surface area contributed by atoms with E-state index in [1.54, 1.807) is 0 Å². The van der Waals surface area contributed by atoms with Crippen molar-refractivity contribution in [1.82, 2.24) is 5.32 Å². The van der Waals surface area contributed by atoms with Gasteiger partial charge in [-0.15, -0.1) is 0 Å². The standard InChI is InChI=1S/C10H18N2O2/c11-7-3-1-2-4-8-12-10(14)6-5-9-13/h5-6,9H,1-4,7-8,11H2,(H,12,14)/b6-5-. The number of rotatable bonds is 8. The van der Waals surface area contributed by atoms with Gasteiger partial charge in [0, 0.05) is 12.6 Å². The minimum Gasteiger partial charge on any atom is -0.353 e. The maximum absolute atomic E-state index is 10.9. The lowest BCUT2D eigenvalue weighted by molar-refractivity contribution is -0.116. The number of carbonyl (C=O) groups is 2. The topological polar surface area (TPSA) is 72.2 Å². The summed E-state index contributed by atoms with van der Waals surface area (Å²) in [6.45, 7) is 1.39. The Morgan fingerprint density at radius 1 is 1.21 bits per heavy atom. The molecule has 0 heterocycles. The first kappa shape index (κ1) is 12.8. The van der Waals surface area contributed by atoms with Crippen molar-refractivity contribution in [2.75, 3.05) is 13.1 Å². The van der Waals surface area contributed by atoms with Gasteiger partial charge in [-0.1, -0.05) is 12.8 Å². The van der Waals surface area contributed by atoms with Crippen LogP contribution in [-0.2, 0) is 9.59 Å². The average molecular weight is 198 g/mol. The van der Waals surface area contributed by atoms with Crippen molar-refractivity contribution in [2.45, 2.75) is 25.7 Å². The van der Waals surface area contributed by atoms with Crippen LogP contribution in [0.15, 0.2) is 12.2 Å². The molecule has 0 aromatic rings. The van der Waals surface area contributed by atoms with Crippen molar-refractivity contribution >= 4 is 12.2 Å². The highest BCUT2D eigenvalue weighted by atomic mass is 16.1. The summed E-state index contributed by atoms with van der Waals surface area (Å²) in [6.07, 6.45) is 7.18. The molecule has 0 unspecified atom stereocenters. The van der Waals surface area contributed by atoms with Crippen LogP contribution in [-0.4, -0.2) is 25.3 Å². The van der Waals surface area contributed by atoms with Crippen LogP contribution in [0.1, 0.15) is 25.7 Å². The summed E-state index contributed by atoms with van der Waals surface area (Å²) >= 11 is 0. The molecule has 0 saturated heterocycles. The summed E-state index contributed by atoms with van der Waals surface area (Å²) in [5, 5.41) is 2.68. The molecule has 0 radical (unpaired) electrons. The van der Waals surface area contributed by atoms with E-state index in [1.807, 2.05) is 0 Å². The lowest BCUT2D eigenvalue weighted by atomic mass is 10.2. The number of allylic oxidation sites excluding steroid dienone is 1. The zero-order chi connectivity index (χ0) is 10.6. The van der Waals surface area contributed by atoms with Gasteiger partial charge in [0.15, 0.2) is 0 Å². The Hall–Kier alpha value is -1.16. The van der Waals surface area contributed by atoms with E-state index in [2.05, 4.69) is 5.32 Å².